The SMILES string of the molecule is CC([NH3+])Cc1c[nH]c2ccc(Cl)cc12. The Bertz CT molecular complexity index is 445. The molecule has 0 aliphatic rings. The standard InChI is InChI=1S/C11H13ClN2/c1-7(13)4-8-6-14-11-3-2-9(12)5-10(8)11/h2-3,5-7,14H,4,13H2,1H3/p+1. The lowest BCUT2D eigenvalue weighted by Gasteiger charge is -2.00. The lowest BCUT2D eigenvalue weighted by atomic mass is 10.1. The number of fused-ring (bicyclic) bond motifs is 1. The fraction of sp³-hybridized carbons (Fsp3) is 0.273. The molecule has 1 unspecified atom stereocenters. The largest absolute Gasteiger partial charge is 0.361 e. The highest BCUT2D eigenvalue weighted by Gasteiger charge is 2.07. The van der Waals surface area contributed by atoms with Gasteiger partial charge in [-0.25, -0.2) is 0 Å². The zero-order chi connectivity index (χ0) is 10.1. The third kappa shape index (κ3) is 1.76. The van der Waals surface area contributed by atoms with Crippen molar-refractivity contribution in [2.75, 3.05) is 0 Å². The summed E-state index contributed by atoms with van der Waals surface area (Å²) in [5.74, 6) is 0. The Balaban J connectivity index is 2.50. The lowest BCUT2D eigenvalue weighted by Crippen LogP contribution is -2.60. The third-order valence-corrected chi connectivity index (χ3v) is 2.53. The van der Waals surface area contributed by atoms with Gasteiger partial charge in [-0.1, -0.05) is 11.6 Å². The van der Waals surface area contributed by atoms with Gasteiger partial charge < -0.3 is 10.7 Å². The number of aromatic amines is 1. The summed E-state index contributed by atoms with van der Waals surface area (Å²) < 4.78 is 0. The van der Waals surface area contributed by atoms with Gasteiger partial charge in [0.25, 0.3) is 0 Å². The van der Waals surface area contributed by atoms with Crippen LogP contribution in [0, 0.1) is 0 Å². The maximum absolute atomic E-state index is 5.95. The first-order valence-electron chi connectivity index (χ1n) is 4.75. The van der Waals surface area contributed by atoms with E-state index in [1.54, 1.807) is 0 Å². The highest BCUT2D eigenvalue weighted by molar-refractivity contribution is 6.31. The van der Waals surface area contributed by atoms with E-state index in [2.05, 4.69) is 17.6 Å². The second-order valence-corrected chi connectivity index (χ2v) is 4.25. The van der Waals surface area contributed by atoms with E-state index in [1.165, 1.54) is 10.9 Å². The molecule has 0 saturated heterocycles. The number of hydrogen-bond acceptors (Lipinski definition) is 0. The number of H-pyrrole nitrogens is 1. The lowest BCUT2D eigenvalue weighted by molar-refractivity contribution is -0.413. The van der Waals surface area contributed by atoms with E-state index in [9.17, 15) is 0 Å². The van der Waals surface area contributed by atoms with Crippen molar-refractivity contribution in [3.8, 4) is 0 Å². The van der Waals surface area contributed by atoms with Gasteiger partial charge in [-0.3, -0.25) is 0 Å². The molecule has 2 aromatic rings. The second-order valence-electron chi connectivity index (χ2n) is 3.81. The van der Waals surface area contributed by atoms with E-state index in [0.717, 1.165) is 17.0 Å². The smallest absolute Gasteiger partial charge is 0.0856 e. The minimum absolute atomic E-state index is 0.424. The summed E-state index contributed by atoms with van der Waals surface area (Å²) in [6.45, 7) is 2.11. The van der Waals surface area contributed by atoms with E-state index in [1.807, 2.05) is 24.4 Å². The van der Waals surface area contributed by atoms with Crippen LogP contribution < -0.4 is 5.73 Å². The molecule has 4 N–H and O–H groups in total. The van der Waals surface area contributed by atoms with Gasteiger partial charge in [0.1, 0.15) is 0 Å². The summed E-state index contributed by atoms with van der Waals surface area (Å²) in [5, 5.41) is 2.00. The molecule has 0 fully saturated rings. The minimum Gasteiger partial charge on any atom is -0.361 e. The normalized spacial score (nSPS) is 13.4. The predicted octanol–water partition coefficient (Wildman–Crippen LogP) is 1.99. The zero-order valence-corrected chi connectivity index (χ0v) is 8.93. The number of aromatic nitrogens is 1. The van der Waals surface area contributed by atoms with Gasteiger partial charge in [0, 0.05) is 28.5 Å². The molecular weight excluding hydrogens is 196 g/mol. The van der Waals surface area contributed by atoms with E-state index in [4.69, 9.17) is 11.6 Å². The Morgan fingerprint density at radius 3 is 3.00 bits per heavy atom. The molecule has 0 amide bonds. The Labute approximate surface area is 88.1 Å². The van der Waals surface area contributed by atoms with Crippen LogP contribution in [0.15, 0.2) is 24.4 Å². The van der Waals surface area contributed by atoms with Crippen molar-refractivity contribution in [3.05, 3.63) is 35.0 Å². The number of benzene rings is 1. The molecule has 74 valence electrons. The van der Waals surface area contributed by atoms with Gasteiger partial charge in [0.05, 0.1) is 6.04 Å². The number of nitrogens with one attached hydrogen (secondary N) is 1. The summed E-state index contributed by atoms with van der Waals surface area (Å²) in [6.07, 6.45) is 3.03. The molecule has 1 aromatic heterocycles. The molecule has 14 heavy (non-hydrogen) atoms. The van der Waals surface area contributed by atoms with Gasteiger partial charge in [0.15, 0.2) is 0 Å². The van der Waals surface area contributed by atoms with Crippen LogP contribution in [0.3, 0.4) is 0 Å². The van der Waals surface area contributed by atoms with Gasteiger partial charge in [-0.05, 0) is 30.7 Å². The van der Waals surface area contributed by atoms with Crippen LogP contribution in [0.25, 0.3) is 10.9 Å². The molecule has 3 heteroatoms. The average molecular weight is 210 g/mol. The monoisotopic (exact) mass is 209 g/mol. The van der Waals surface area contributed by atoms with E-state index in [-0.39, 0.29) is 0 Å². The Morgan fingerprint density at radius 2 is 2.29 bits per heavy atom. The molecule has 1 aromatic carbocycles. The first-order chi connectivity index (χ1) is 6.66. The Kier molecular flexibility index (Phi) is 2.48. The molecule has 0 saturated carbocycles. The summed E-state index contributed by atoms with van der Waals surface area (Å²) in [4.78, 5) is 3.23. The molecule has 0 aliphatic heterocycles. The quantitative estimate of drug-likeness (QED) is 0.760. The van der Waals surface area contributed by atoms with Crippen LogP contribution >= 0.6 is 11.6 Å². The summed E-state index contributed by atoms with van der Waals surface area (Å²) in [7, 11) is 0. The van der Waals surface area contributed by atoms with Crippen molar-refractivity contribution in [2.24, 2.45) is 0 Å². The van der Waals surface area contributed by atoms with Crippen molar-refractivity contribution in [1.29, 1.82) is 0 Å². The van der Waals surface area contributed by atoms with Crippen molar-refractivity contribution in [1.82, 2.24) is 4.98 Å². The predicted molar refractivity (Wildman–Crippen MR) is 59.4 cm³/mol. The molecule has 1 heterocycles. The third-order valence-electron chi connectivity index (χ3n) is 2.30. The molecule has 0 bridgehead atoms. The van der Waals surface area contributed by atoms with E-state index < -0.39 is 0 Å². The summed E-state index contributed by atoms with van der Waals surface area (Å²) in [5.41, 5.74) is 6.44. The molecule has 0 spiro atoms. The van der Waals surface area contributed by atoms with E-state index in [0.29, 0.717) is 6.04 Å². The minimum atomic E-state index is 0.424. The molecular formula is C11H14ClN2+. The van der Waals surface area contributed by atoms with Crippen LogP contribution in [-0.2, 0) is 6.42 Å². The molecule has 0 radical (unpaired) electrons. The fourth-order valence-electron chi connectivity index (χ4n) is 1.69. The van der Waals surface area contributed by atoms with Gasteiger partial charge in [0.2, 0.25) is 0 Å². The van der Waals surface area contributed by atoms with Crippen LogP contribution in [-0.4, -0.2) is 11.0 Å². The maximum Gasteiger partial charge on any atom is 0.0856 e. The van der Waals surface area contributed by atoms with Gasteiger partial charge >= 0.3 is 0 Å². The van der Waals surface area contributed by atoms with Crippen molar-refractivity contribution < 1.29 is 5.73 Å². The number of quaternary nitrogens is 1. The van der Waals surface area contributed by atoms with E-state index >= 15 is 0 Å². The first-order valence-corrected chi connectivity index (χ1v) is 5.13. The molecule has 1 atom stereocenters. The maximum atomic E-state index is 5.95. The second kappa shape index (κ2) is 3.64. The first kappa shape index (κ1) is 9.56. The Morgan fingerprint density at radius 1 is 1.50 bits per heavy atom. The molecule has 0 aliphatic carbocycles. The molecule has 2 rings (SSSR count). The number of halogens is 1. The summed E-state index contributed by atoms with van der Waals surface area (Å²) >= 11 is 5.95. The molecule has 2 nitrogen and oxygen atoms in total. The highest BCUT2D eigenvalue weighted by Crippen LogP contribution is 2.22. The number of rotatable bonds is 2. The van der Waals surface area contributed by atoms with Gasteiger partial charge in [-0.15, -0.1) is 0 Å². The Hall–Kier alpha value is -0.990. The van der Waals surface area contributed by atoms with Crippen LogP contribution in [0.5, 0.6) is 0 Å². The van der Waals surface area contributed by atoms with Crippen LogP contribution in [0.2, 0.25) is 5.02 Å². The number of hydrogen-bond donors (Lipinski definition) is 2. The van der Waals surface area contributed by atoms with Gasteiger partial charge in [-0.2, -0.15) is 0 Å². The van der Waals surface area contributed by atoms with Crippen LogP contribution in [0.4, 0.5) is 0 Å². The highest BCUT2D eigenvalue weighted by atomic mass is 35.5. The topological polar surface area (TPSA) is 43.4 Å². The summed E-state index contributed by atoms with van der Waals surface area (Å²) in [6, 6.07) is 6.34. The average Bonchev–Trinajstić information content (AvgIpc) is 2.47. The van der Waals surface area contributed by atoms with Crippen molar-refractivity contribution in [2.45, 2.75) is 19.4 Å². The fourth-order valence-corrected chi connectivity index (χ4v) is 1.87. The zero-order valence-electron chi connectivity index (χ0n) is 8.18. The van der Waals surface area contributed by atoms with Crippen LogP contribution in [0.1, 0.15) is 12.5 Å². The van der Waals surface area contributed by atoms with Crippen molar-refractivity contribution in [3.63, 3.8) is 0 Å². The van der Waals surface area contributed by atoms with Crippen molar-refractivity contribution >= 4 is 22.5 Å².